The smallest absolute Gasteiger partial charge is 0.222 e. The molecule has 0 aromatic carbocycles. The van der Waals surface area contributed by atoms with Crippen LogP contribution in [0.2, 0.25) is 0 Å². The van der Waals surface area contributed by atoms with E-state index in [2.05, 4.69) is 0 Å². The van der Waals surface area contributed by atoms with E-state index in [1.165, 1.54) is 0 Å². The van der Waals surface area contributed by atoms with Crippen LogP contribution in [0.3, 0.4) is 0 Å². The van der Waals surface area contributed by atoms with Crippen molar-refractivity contribution in [3.05, 3.63) is 0 Å². The Labute approximate surface area is 55.9 Å². The fourth-order valence-corrected chi connectivity index (χ4v) is 0. The van der Waals surface area contributed by atoms with Gasteiger partial charge in [-0.1, -0.05) is 34.8 Å². The Morgan fingerprint density at radius 1 is 1.43 bits per heavy atom. The second-order valence-electron chi connectivity index (χ2n) is 0.349. The summed E-state index contributed by atoms with van der Waals surface area (Å²) in [5, 5.41) is 5.40. The lowest BCUT2D eigenvalue weighted by molar-refractivity contribution is 0.563. The number of carbonyl (C=O) groups excluding carboxylic acids is 1. The topological polar surface area (TPSA) is 40.9 Å². The normalized spacial score (nSPS) is 6.29. The van der Waals surface area contributed by atoms with Gasteiger partial charge >= 0.3 is 0 Å². The van der Waals surface area contributed by atoms with Crippen molar-refractivity contribution in [2.24, 2.45) is 0 Å². The van der Waals surface area contributed by atoms with Gasteiger partial charge in [-0.2, -0.15) is 0 Å². The summed E-state index contributed by atoms with van der Waals surface area (Å²) in [5.41, 5.74) is 0. The fourth-order valence-electron chi connectivity index (χ4n) is 0. The summed E-state index contributed by atoms with van der Waals surface area (Å²) in [7, 11) is 0. The Kier molecular flexibility index (Phi) is 14.0. The molecule has 0 aromatic heterocycles. The molecule has 0 atom stereocenters. The van der Waals surface area contributed by atoms with Crippen molar-refractivity contribution < 1.29 is 4.79 Å². The van der Waals surface area contributed by atoms with Gasteiger partial charge in [0, 0.05) is 0 Å². The first-order valence-electron chi connectivity index (χ1n) is 1.11. The molecule has 0 aliphatic heterocycles. The first-order valence-corrected chi connectivity index (χ1v) is 2.42. The molecular weight excluding hydrogens is 160 g/mol. The van der Waals surface area contributed by atoms with Crippen LogP contribution < -0.4 is 0 Å². The van der Waals surface area contributed by atoms with Crippen LogP contribution in [-0.4, -0.2) is 10.4 Å². The van der Waals surface area contributed by atoms with Gasteiger partial charge in [0.15, 0.2) is 4.30 Å². The molecule has 7 heavy (non-hydrogen) atoms. The van der Waals surface area contributed by atoms with Gasteiger partial charge < -0.3 is 0 Å². The zero-order chi connectivity index (χ0) is 6.28. The summed E-state index contributed by atoms with van der Waals surface area (Å²) in [6.45, 7) is 0. The van der Waals surface area contributed by atoms with Crippen molar-refractivity contribution in [1.82, 2.24) is 0 Å². The van der Waals surface area contributed by atoms with Crippen LogP contribution in [0.15, 0.2) is 0 Å². The minimum absolute atomic E-state index is 0.750. The molecule has 0 unspecified atom stereocenters. The summed E-state index contributed by atoms with van der Waals surface area (Å²) < 4.78 is -0.750. The summed E-state index contributed by atoms with van der Waals surface area (Å²) in [6.07, 6.45) is 0.750. The monoisotopic (exact) mass is 161 g/mol. The Morgan fingerprint density at radius 2 is 1.43 bits per heavy atom. The predicted octanol–water partition coefficient (Wildman–Crippen LogP) is 1.89. The van der Waals surface area contributed by atoms with E-state index in [1.54, 1.807) is 0 Å². The van der Waals surface area contributed by atoms with E-state index in [-0.39, 0.29) is 0 Å². The number of hydrogen-bond acceptors (Lipinski definition) is 2. The molecule has 0 aliphatic rings. The largest absolute Gasteiger partial charge is 0.231 e. The second-order valence-corrected chi connectivity index (χ2v) is 2.33. The summed E-state index contributed by atoms with van der Waals surface area (Å²) >= 11 is 14.4. The Balaban J connectivity index is 0. The minimum Gasteiger partial charge on any atom is -0.222 e. The summed E-state index contributed by atoms with van der Waals surface area (Å²) in [4.78, 5) is 8.35. The summed E-state index contributed by atoms with van der Waals surface area (Å²) in [6, 6.07) is 0. The van der Waals surface area contributed by atoms with E-state index in [4.69, 9.17) is 45.0 Å². The molecule has 0 amide bonds. The molecule has 2 nitrogen and oxygen atoms in total. The first-order chi connectivity index (χ1) is 3.15. The average Bonchev–Trinajstić information content (AvgIpc) is 1.33. The van der Waals surface area contributed by atoms with Gasteiger partial charge in [0.05, 0.1) is 0 Å². The molecule has 42 valence electrons. The van der Waals surface area contributed by atoms with E-state index in [0.717, 1.165) is 6.08 Å². The van der Waals surface area contributed by atoms with Gasteiger partial charge in [0.2, 0.25) is 6.08 Å². The second kappa shape index (κ2) is 9.54. The molecule has 0 rings (SSSR count). The highest BCUT2D eigenvalue weighted by Gasteiger charge is 1.78. The zero-order valence-electron chi connectivity index (χ0n) is 3.12. The SMILES string of the molecule is ClC(Cl)Cl.N=C=O. The number of halogens is 3. The molecule has 0 saturated carbocycles. The van der Waals surface area contributed by atoms with Crippen molar-refractivity contribution in [2.75, 3.05) is 0 Å². The van der Waals surface area contributed by atoms with Crippen molar-refractivity contribution in [2.45, 2.75) is 4.30 Å². The quantitative estimate of drug-likeness (QED) is 0.330. The van der Waals surface area contributed by atoms with E-state index in [9.17, 15) is 0 Å². The van der Waals surface area contributed by atoms with Crippen molar-refractivity contribution in [1.29, 1.82) is 5.41 Å². The van der Waals surface area contributed by atoms with Crippen LogP contribution in [0, 0.1) is 5.41 Å². The number of hydrogen-bond donors (Lipinski definition) is 1. The Morgan fingerprint density at radius 3 is 1.43 bits per heavy atom. The van der Waals surface area contributed by atoms with Gasteiger partial charge in [-0.3, -0.25) is 0 Å². The average molecular weight is 162 g/mol. The molecule has 0 aliphatic carbocycles. The number of isocyanates is 1. The van der Waals surface area contributed by atoms with Crippen LogP contribution in [0.25, 0.3) is 0 Å². The van der Waals surface area contributed by atoms with Crippen molar-refractivity contribution in [3.63, 3.8) is 0 Å². The fraction of sp³-hybridized carbons (Fsp3) is 0.500. The molecule has 1 N–H and O–H groups in total. The van der Waals surface area contributed by atoms with Gasteiger partial charge in [-0.25, -0.2) is 10.2 Å². The highest BCUT2D eigenvalue weighted by atomic mass is 35.6. The lowest BCUT2D eigenvalue weighted by Gasteiger charge is -1.69. The van der Waals surface area contributed by atoms with Gasteiger partial charge in [-0.05, 0) is 0 Å². The molecule has 0 radical (unpaired) electrons. The van der Waals surface area contributed by atoms with Crippen molar-refractivity contribution in [3.8, 4) is 0 Å². The number of nitrogens with one attached hydrogen (secondary N) is 1. The van der Waals surface area contributed by atoms with Crippen LogP contribution >= 0.6 is 34.8 Å². The third-order valence-corrected chi connectivity index (χ3v) is 0. The lowest BCUT2D eigenvalue weighted by Crippen LogP contribution is -1.55. The third-order valence-electron chi connectivity index (χ3n) is 0. The molecule has 0 heterocycles. The van der Waals surface area contributed by atoms with E-state index < -0.39 is 4.30 Å². The van der Waals surface area contributed by atoms with E-state index in [0.29, 0.717) is 0 Å². The Bertz CT molecular complexity index is 55.2. The van der Waals surface area contributed by atoms with Gasteiger partial charge in [-0.15, -0.1) is 0 Å². The van der Waals surface area contributed by atoms with Crippen LogP contribution in [0.4, 0.5) is 0 Å². The molecule has 5 heteroatoms. The van der Waals surface area contributed by atoms with Crippen LogP contribution in [-0.2, 0) is 4.79 Å². The first kappa shape index (κ1) is 10.3. The van der Waals surface area contributed by atoms with Crippen LogP contribution in [0.1, 0.15) is 0 Å². The zero-order valence-corrected chi connectivity index (χ0v) is 5.39. The standard InChI is InChI=1S/CHCl3.CHNO/c2-1(3)4;2-1-3/h1H;2H. The van der Waals surface area contributed by atoms with Gasteiger partial charge in [0.1, 0.15) is 0 Å². The van der Waals surface area contributed by atoms with Gasteiger partial charge in [0.25, 0.3) is 0 Å². The van der Waals surface area contributed by atoms with Crippen LogP contribution in [0.5, 0.6) is 0 Å². The van der Waals surface area contributed by atoms with Crippen molar-refractivity contribution >= 4 is 40.9 Å². The lowest BCUT2D eigenvalue weighted by atomic mass is 11.7. The summed E-state index contributed by atoms with van der Waals surface area (Å²) in [5.74, 6) is 0. The third kappa shape index (κ3) is 1810. The maximum absolute atomic E-state index is 8.35. The predicted molar refractivity (Wildman–Crippen MR) is 29.8 cm³/mol. The molecule has 0 aromatic rings. The molecular formula is C2H2Cl3NO. The van der Waals surface area contributed by atoms with E-state index in [1.807, 2.05) is 0 Å². The molecule has 0 bridgehead atoms. The van der Waals surface area contributed by atoms with E-state index >= 15 is 0 Å². The highest BCUT2D eigenvalue weighted by molar-refractivity contribution is 6.63. The molecule has 0 fully saturated rings. The molecule has 0 saturated heterocycles. The number of alkyl halides is 3. The number of rotatable bonds is 0. The minimum atomic E-state index is -0.750. The molecule has 0 spiro atoms. The Hall–Kier alpha value is 0.250. The maximum Gasteiger partial charge on any atom is 0.231 e. The maximum atomic E-state index is 8.35. The highest BCUT2D eigenvalue weighted by Crippen LogP contribution is 2.03.